The van der Waals surface area contributed by atoms with Gasteiger partial charge in [0.15, 0.2) is 0 Å². The molecule has 0 radical (unpaired) electrons. The Hall–Kier alpha value is -0.610. The average Bonchev–Trinajstić information content (AvgIpc) is 2.84. The lowest BCUT2D eigenvalue weighted by Gasteiger charge is -2.10. The Bertz CT molecular complexity index is 351. The minimum atomic E-state index is -0.974. The third-order valence-corrected chi connectivity index (χ3v) is 3.26. The van der Waals surface area contributed by atoms with Crippen molar-refractivity contribution < 1.29 is 13.9 Å². The molecular formula is C10H10F2OS. The van der Waals surface area contributed by atoms with Crippen molar-refractivity contribution in [3.63, 3.8) is 0 Å². The number of thioether (sulfide) groups is 1. The number of hydrogen-bond acceptors (Lipinski definition) is 2. The molecule has 0 amide bonds. The van der Waals surface area contributed by atoms with Crippen molar-refractivity contribution in [1.29, 1.82) is 0 Å². The lowest BCUT2D eigenvalue weighted by molar-refractivity contribution is 0.150. The molecule has 1 saturated carbocycles. The minimum Gasteiger partial charge on any atom is -0.385 e. The van der Waals surface area contributed by atoms with E-state index in [1.165, 1.54) is 12.1 Å². The van der Waals surface area contributed by atoms with Crippen LogP contribution in [0, 0.1) is 11.6 Å². The van der Waals surface area contributed by atoms with Crippen LogP contribution < -0.4 is 0 Å². The van der Waals surface area contributed by atoms with Crippen LogP contribution in [0.5, 0.6) is 0 Å². The number of hydrogen-bond donors (Lipinski definition) is 1. The zero-order chi connectivity index (χ0) is 10.3. The van der Waals surface area contributed by atoms with E-state index >= 15 is 0 Å². The average molecular weight is 216 g/mol. The summed E-state index contributed by atoms with van der Waals surface area (Å²) in [6, 6.07) is 2.45. The van der Waals surface area contributed by atoms with Crippen LogP contribution in [0.25, 0.3) is 0 Å². The first kappa shape index (κ1) is 9.93. The maximum absolute atomic E-state index is 13.3. The van der Waals surface area contributed by atoms with Crippen molar-refractivity contribution in [2.24, 2.45) is 0 Å². The molecule has 0 aliphatic heterocycles. The van der Waals surface area contributed by atoms with E-state index in [0.29, 0.717) is 18.4 Å². The van der Waals surface area contributed by atoms with Crippen LogP contribution in [0.15, 0.2) is 17.0 Å². The molecule has 1 fully saturated rings. The summed E-state index contributed by atoms with van der Waals surface area (Å²) in [4.78, 5) is 0.0120. The molecule has 0 bridgehead atoms. The fourth-order valence-corrected chi connectivity index (χ4v) is 1.94. The van der Waals surface area contributed by atoms with Crippen molar-refractivity contribution >= 4 is 11.8 Å². The van der Waals surface area contributed by atoms with E-state index in [9.17, 15) is 13.9 Å². The van der Waals surface area contributed by atoms with E-state index in [-0.39, 0.29) is 4.90 Å². The second-order valence-corrected chi connectivity index (χ2v) is 4.32. The highest BCUT2D eigenvalue weighted by Crippen LogP contribution is 2.46. The van der Waals surface area contributed by atoms with Gasteiger partial charge in [-0.05, 0) is 36.8 Å². The van der Waals surface area contributed by atoms with E-state index < -0.39 is 17.2 Å². The first-order valence-electron chi connectivity index (χ1n) is 4.33. The maximum Gasteiger partial charge on any atom is 0.140 e. The largest absolute Gasteiger partial charge is 0.385 e. The van der Waals surface area contributed by atoms with Crippen LogP contribution in [0.4, 0.5) is 8.78 Å². The van der Waals surface area contributed by atoms with E-state index in [1.807, 2.05) is 0 Å². The quantitative estimate of drug-likeness (QED) is 0.767. The number of aliphatic hydroxyl groups is 1. The van der Waals surface area contributed by atoms with Gasteiger partial charge in [0.05, 0.1) is 10.5 Å². The zero-order valence-corrected chi connectivity index (χ0v) is 8.50. The second kappa shape index (κ2) is 3.21. The fraction of sp³-hybridized carbons (Fsp3) is 0.400. The van der Waals surface area contributed by atoms with Gasteiger partial charge in [0.1, 0.15) is 11.6 Å². The Labute approximate surface area is 85.1 Å². The van der Waals surface area contributed by atoms with Crippen LogP contribution in [-0.4, -0.2) is 11.4 Å². The van der Waals surface area contributed by atoms with Gasteiger partial charge >= 0.3 is 0 Å². The smallest absolute Gasteiger partial charge is 0.140 e. The predicted octanol–water partition coefficient (Wildman–Crippen LogP) is 2.67. The summed E-state index contributed by atoms with van der Waals surface area (Å²) < 4.78 is 26.6. The van der Waals surface area contributed by atoms with Gasteiger partial charge < -0.3 is 5.11 Å². The normalized spacial score (nSPS) is 18.3. The van der Waals surface area contributed by atoms with Crippen molar-refractivity contribution in [2.75, 3.05) is 6.26 Å². The van der Waals surface area contributed by atoms with Crippen LogP contribution in [-0.2, 0) is 5.60 Å². The molecule has 2 rings (SSSR count). The Morgan fingerprint density at radius 3 is 2.14 bits per heavy atom. The molecule has 1 aromatic carbocycles. The molecule has 1 aliphatic rings. The van der Waals surface area contributed by atoms with Gasteiger partial charge in [0.2, 0.25) is 0 Å². The second-order valence-electron chi connectivity index (χ2n) is 3.50. The third-order valence-electron chi connectivity index (χ3n) is 2.46. The predicted molar refractivity (Wildman–Crippen MR) is 51.3 cm³/mol. The highest BCUT2D eigenvalue weighted by molar-refractivity contribution is 7.98. The summed E-state index contributed by atoms with van der Waals surface area (Å²) in [7, 11) is 0. The van der Waals surface area contributed by atoms with Crippen molar-refractivity contribution in [1.82, 2.24) is 0 Å². The Kier molecular flexibility index (Phi) is 2.27. The topological polar surface area (TPSA) is 20.2 Å². The molecule has 1 nitrogen and oxygen atoms in total. The van der Waals surface area contributed by atoms with Crippen molar-refractivity contribution in [3.8, 4) is 0 Å². The Morgan fingerprint density at radius 1 is 1.29 bits per heavy atom. The highest BCUT2D eigenvalue weighted by atomic mass is 32.2. The molecule has 4 heteroatoms. The lowest BCUT2D eigenvalue weighted by atomic mass is 10.1. The number of halogens is 2. The molecule has 0 aromatic heterocycles. The summed E-state index contributed by atoms with van der Waals surface area (Å²) in [6.45, 7) is 0. The van der Waals surface area contributed by atoms with Gasteiger partial charge in [-0.3, -0.25) is 0 Å². The Morgan fingerprint density at radius 2 is 1.79 bits per heavy atom. The highest BCUT2D eigenvalue weighted by Gasteiger charge is 2.42. The first-order valence-corrected chi connectivity index (χ1v) is 5.55. The lowest BCUT2D eigenvalue weighted by Crippen LogP contribution is -2.06. The van der Waals surface area contributed by atoms with E-state index in [0.717, 1.165) is 11.8 Å². The summed E-state index contributed by atoms with van der Waals surface area (Å²) in [5.74, 6) is -1.18. The van der Waals surface area contributed by atoms with Gasteiger partial charge in [-0.2, -0.15) is 0 Å². The molecule has 76 valence electrons. The molecule has 0 unspecified atom stereocenters. The van der Waals surface area contributed by atoms with Crippen LogP contribution in [0.3, 0.4) is 0 Å². The van der Waals surface area contributed by atoms with Gasteiger partial charge in [-0.1, -0.05) is 0 Å². The van der Waals surface area contributed by atoms with Gasteiger partial charge in [-0.15, -0.1) is 11.8 Å². The van der Waals surface area contributed by atoms with Gasteiger partial charge in [0, 0.05) is 0 Å². The van der Waals surface area contributed by atoms with E-state index in [1.54, 1.807) is 6.26 Å². The van der Waals surface area contributed by atoms with Crippen molar-refractivity contribution in [3.05, 3.63) is 29.3 Å². The van der Waals surface area contributed by atoms with Crippen LogP contribution >= 0.6 is 11.8 Å². The minimum absolute atomic E-state index is 0.0120. The standard InChI is InChI=1S/C10H10F2OS/c1-14-9-7(11)4-6(5-8(9)12)10(13)2-3-10/h4-5,13H,2-3H2,1H3. The molecule has 1 aromatic rings. The molecule has 0 spiro atoms. The molecule has 1 aliphatic carbocycles. The van der Waals surface area contributed by atoms with Crippen LogP contribution in [0.1, 0.15) is 18.4 Å². The molecule has 0 atom stereocenters. The van der Waals surface area contributed by atoms with Crippen LogP contribution in [0.2, 0.25) is 0 Å². The zero-order valence-electron chi connectivity index (χ0n) is 7.68. The van der Waals surface area contributed by atoms with E-state index in [2.05, 4.69) is 0 Å². The molecular weight excluding hydrogens is 206 g/mol. The van der Waals surface area contributed by atoms with Gasteiger partial charge in [-0.25, -0.2) is 8.78 Å². The summed E-state index contributed by atoms with van der Waals surface area (Å²) in [5.41, 5.74) is -0.621. The number of benzene rings is 1. The molecule has 1 N–H and O–H groups in total. The van der Waals surface area contributed by atoms with Crippen molar-refractivity contribution in [2.45, 2.75) is 23.3 Å². The summed E-state index contributed by atoms with van der Waals surface area (Å²) in [6.07, 6.45) is 2.79. The number of rotatable bonds is 2. The SMILES string of the molecule is CSc1c(F)cc(C2(O)CC2)cc1F. The van der Waals surface area contributed by atoms with E-state index in [4.69, 9.17) is 0 Å². The fourth-order valence-electron chi connectivity index (χ4n) is 1.43. The maximum atomic E-state index is 13.3. The Balaban J connectivity index is 2.47. The summed E-state index contributed by atoms with van der Waals surface area (Å²) >= 11 is 1.03. The monoisotopic (exact) mass is 216 g/mol. The third kappa shape index (κ3) is 1.53. The first-order chi connectivity index (χ1) is 6.57. The molecule has 0 heterocycles. The summed E-state index contributed by atoms with van der Waals surface area (Å²) in [5, 5.41) is 9.67. The molecule has 0 saturated heterocycles. The molecule has 14 heavy (non-hydrogen) atoms. The van der Waals surface area contributed by atoms with Gasteiger partial charge in [0.25, 0.3) is 0 Å².